The Hall–Kier alpha value is -2.36. The van der Waals surface area contributed by atoms with Crippen LogP contribution in [-0.4, -0.2) is 21.4 Å². The zero-order chi connectivity index (χ0) is 12.7. The van der Waals surface area contributed by atoms with Gasteiger partial charge in [0.25, 0.3) is 0 Å². The molecule has 2 atom stereocenters. The first-order valence-corrected chi connectivity index (χ1v) is 6.42. The van der Waals surface area contributed by atoms with Gasteiger partial charge in [0.1, 0.15) is 0 Å². The van der Waals surface area contributed by atoms with Crippen LogP contribution in [0.4, 0.5) is 0 Å². The minimum atomic E-state index is 0.462. The highest BCUT2D eigenvalue weighted by atomic mass is 15.2. The lowest BCUT2D eigenvalue weighted by Gasteiger charge is -2.10. The largest absolute Gasteiger partial charge is 0.255 e. The van der Waals surface area contributed by atoms with Crippen LogP contribution in [-0.2, 0) is 0 Å². The Morgan fingerprint density at radius 3 is 1.68 bits per heavy atom. The Bertz CT molecular complexity index is 602. The van der Waals surface area contributed by atoms with E-state index in [-0.39, 0.29) is 0 Å². The highest BCUT2D eigenvalue weighted by Crippen LogP contribution is 2.45. The first-order valence-electron chi connectivity index (χ1n) is 6.42. The number of rotatable bonds is 2. The van der Waals surface area contributed by atoms with Crippen LogP contribution in [0.25, 0.3) is 0 Å². The quantitative estimate of drug-likeness (QED) is 0.819. The fraction of sp³-hybridized carbons (Fsp3) is 0.200. The van der Waals surface area contributed by atoms with Gasteiger partial charge in [0, 0.05) is 24.2 Å². The van der Waals surface area contributed by atoms with Crippen LogP contribution in [0, 0.1) is 11.8 Å². The monoisotopic (exact) mass is 248 g/mol. The molecule has 92 valence electrons. The maximum Gasteiger partial charge on any atom is 0.0924 e. The first kappa shape index (κ1) is 10.6. The summed E-state index contributed by atoms with van der Waals surface area (Å²) < 4.78 is 0. The van der Waals surface area contributed by atoms with Gasteiger partial charge in [-0.3, -0.25) is 9.97 Å². The first-order chi connectivity index (χ1) is 9.43. The molecule has 1 aliphatic carbocycles. The molecular weight excluding hydrogens is 236 g/mol. The van der Waals surface area contributed by atoms with E-state index in [0.717, 1.165) is 29.2 Å². The molecule has 0 radical (unpaired) electrons. The second-order valence-electron chi connectivity index (χ2n) is 4.85. The zero-order valence-corrected chi connectivity index (χ0v) is 10.3. The molecular formula is C15H12N4. The molecule has 0 bridgehead atoms. The Kier molecular flexibility index (Phi) is 2.27. The number of hydrogen-bond donors (Lipinski definition) is 0. The summed E-state index contributed by atoms with van der Waals surface area (Å²) in [4.78, 5) is 8.72. The molecule has 0 spiro atoms. The van der Waals surface area contributed by atoms with Crippen molar-refractivity contribution in [2.75, 3.05) is 0 Å². The zero-order valence-electron chi connectivity index (χ0n) is 10.3. The van der Waals surface area contributed by atoms with Gasteiger partial charge in [-0.05, 0) is 30.7 Å². The summed E-state index contributed by atoms with van der Waals surface area (Å²) in [6.07, 6.45) is 4.70. The molecule has 4 heteroatoms. The van der Waals surface area contributed by atoms with Crippen molar-refractivity contribution in [2.24, 2.45) is 22.0 Å². The average Bonchev–Trinajstić information content (AvgIpc) is 3.28. The lowest BCUT2D eigenvalue weighted by Crippen LogP contribution is -2.17. The number of aromatic nitrogens is 2. The van der Waals surface area contributed by atoms with Gasteiger partial charge in [-0.2, -0.15) is 10.2 Å². The molecule has 2 aliphatic rings. The van der Waals surface area contributed by atoms with Crippen LogP contribution in [0.1, 0.15) is 17.8 Å². The molecule has 1 fully saturated rings. The van der Waals surface area contributed by atoms with E-state index in [2.05, 4.69) is 20.2 Å². The lowest BCUT2D eigenvalue weighted by molar-refractivity contribution is 0.981. The maximum atomic E-state index is 4.38. The third-order valence-corrected chi connectivity index (χ3v) is 3.61. The average molecular weight is 248 g/mol. The highest BCUT2D eigenvalue weighted by molar-refractivity contribution is 6.13. The topological polar surface area (TPSA) is 50.5 Å². The molecule has 0 saturated heterocycles. The molecule has 2 aromatic heterocycles. The van der Waals surface area contributed by atoms with Crippen LogP contribution >= 0.6 is 0 Å². The summed E-state index contributed by atoms with van der Waals surface area (Å²) in [5.74, 6) is 0.925. The van der Waals surface area contributed by atoms with Gasteiger partial charge in [0.15, 0.2) is 0 Å². The third-order valence-electron chi connectivity index (χ3n) is 3.61. The summed E-state index contributed by atoms with van der Waals surface area (Å²) in [6, 6.07) is 11.8. The summed E-state index contributed by atoms with van der Waals surface area (Å²) >= 11 is 0. The molecule has 0 amide bonds. The molecule has 2 unspecified atom stereocenters. The fourth-order valence-corrected chi connectivity index (χ4v) is 2.57. The van der Waals surface area contributed by atoms with E-state index in [9.17, 15) is 0 Å². The van der Waals surface area contributed by atoms with Crippen molar-refractivity contribution in [2.45, 2.75) is 6.42 Å². The van der Waals surface area contributed by atoms with Gasteiger partial charge < -0.3 is 0 Å². The van der Waals surface area contributed by atoms with Gasteiger partial charge >= 0.3 is 0 Å². The van der Waals surface area contributed by atoms with E-state index in [1.165, 1.54) is 0 Å². The van der Waals surface area contributed by atoms with Crippen LogP contribution in [0.3, 0.4) is 0 Å². The van der Waals surface area contributed by atoms with Gasteiger partial charge in [-0.15, -0.1) is 0 Å². The Balaban J connectivity index is 1.73. The van der Waals surface area contributed by atoms with E-state index < -0.39 is 0 Å². The summed E-state index contributed by atoms with van der Waals surface area (Å²) in [7, 11) is 0. The van der Waals surface area contributed by atoms with Crippen LogP contribution in [0.2, 0.25) is 0 Å². The SMILES string of the molecule is c1ccc(C2=NN=C(c3ccccn3)C3CC23)nc1. The normalized spacial score (nSPS) is 24.2. The van der Waals surface area contributed by atoms with Crippen molar-refractivity contribution in [3.05, 3.63) is 60.2 Å². The second kappa shape index (κ2) is 4.09. The van der Waals surface area contributed by atoms with Gasteiger partial charge in [-0.1, -0.05) is 12.1 Å². The van der Waals surface area contributed by atoms with Crippen molar-refractivity contribution >= 4 is 11.4 Å². The standard InChI is InChI=1S/C15H12N4/c1-3-7-16-12(5-1)14-10-9-11(10)15(19-18-14)13-6-2-4-8-17-13/h1-8,10-11H,9H2. The third kappa shape index (κ3) is 1.76. The highest BCUT2D eigenvalue weighted by Gasteiger charge is 2.48. The van der Waals surface area contributed by atoms with Crippen molar-refractivity contribution in [1.29, 1.82) is 0 Å². The Morgan fingerprint density at radius 2 is 1.26 bits per heavy atom. The summed E-state index contributed by atoms with van der Waals surface area (Å²) in [6.45, 7) is 0. The van der Waals surface area contributed by atoms with E-state index >= 15 is 0 Å². The molecule has 19 heavy (non-hydrogen) atoms. The Morgan fingerprint density at radius 1 is 0.737 bits per heavy atom. The van der Waals surface area contributed by atoms with E-state index in [0.29, 0.717) is 11.8 Å². The smallest absolute Gasteiger partial charge is 0.0924 e. The predicted octanol–water partition coefficient (Wildman–Crippen LogP) is 2.32. The molecule has 4 rings (SSSR count). The lowest BCUT2D eigenvalue weighted by atomic mass is 10.0. The number of pyridine rings is 2. The summed E-state index contributed by atoms with van der Waals surface area (Å²) in [5, 5.41) is 8.76. The van der Waals surface area contributed by atoms with E-state index in [1.807, 2.05) is 36.4 Å². The molecule has 0 N–H and O–H groups in total. The van der Waals surface area contributed by atoms with Crippen LogP contribution < -0.4 is 0 Å². The van der Waals surface area contributed by atoms with Gasteiger partial charge in [0.2, 0.25) is 0 Å². The molecule has 1 aliphatic heterocycles. The minimum absolute atomic E-state index is 0.462. The fourth-order valence-electron chi connectivity index (χ4n) is 2.57. The molecule has 1 saturated carbocycles. The number of nitrogens with zero attached hydrogens (tertiary/aromatic N) is 4. The van der Waals surface area contributed by atoms with E-state index in [1.54, 1.807) is 12.4 Å². The summed E-state index contributed by atoms with van der Waals surface area (Å²) in [5.41, 5.74) is 3.92. The maximum absolute atomic E-state index is 4.38. The second-order valence-corrected chi connectivity index (χ2v) is 4.85. The van der Waals surface area contributed by atoms with Crippen molar-refractivity contribution in [1.82, 2.24) is 9.97 Å². The molecule has 4 nitrogen and oxygen atoms in total. The van der Waals surface area contributed by atoms with Crippen molar-refractivity contribution in [3.63, 3.8) is 0 Å². The van der Waals surface area contributed by atoms with Gasteiger partial charge in [0.05, 0.1) is 22.8 Å². The number of fused-ring (bicyclic) bond motifs is 1. The van der Waals surface area contributed by atoms with Crippen molar-refractivity contribution in [3.8, 4) is 0 Å². The van der Waals surface area contributed by atoms with Crippen LogP contribution in [0.5, 0.6) is 0 Å². The van der Waals surface area contributed by atoms with Gasteiger partial charge in [-0.25, -0.2) is 0 Å². The minimum Gasteiger partial charge on any atom is -0.255 e. The predicted molar refractivity (Wildman–Crippen MR) is 73.1 cm³/mol. The van der Waals surface area contributed by atoms with Crippen molar-refractivity contribution < 1.29 is 0 Å². The Labute approximate surface area is 111 Å². The number of hydrogen-bond acceptors (Lipinski definition) is 4. The molecule has 2 aromatic rings. The molecule has 3 heterocycles. The van der Waals surface area contributed by atoms with E-state index in [4.69, 9.17) is 0 Å². The van der Waals surface area contributed by atoms with Crippen LogP contribution in [0.15, 0.2) is 59.0 Å². The molecule has 0 aromatic carbocycles.